The summed E-state index contributed by atoms with van der Waals surface area (Å²) in [5.74, 6) is 13.8. The highest BCUT2D eigenvalue weighted by Crippen LogP contribution is 2.43. The summed E-state index contributed by atoms with van der Waals surface area (Å²) in [6.07, 6.45) is 8.35. The molecule has 56 heavy (non-hydrogen) atoms. The largest absolute Gasteiger partial charge is 0.520 e. The predicted molar refractivity (Wildman–Crippen MR) is 217 cm³/mol. The average Bonchev–Trinajstić information content (AvgIpc) is 3.68. The molecule has 4 aromatic rings. The Morgan fingerprint density at radius 3 is 1.96 bits per heavy atom. The van der Waals surface area contributed by atoms with Gasteiger partial charge in [-0.05, 0) is 66.9 Å². The summed E-state index contributed by atoms with van der Waals surface area (Å²) in [7, 11) is 5.32. The Balaban J connectivity index is 1.31. The van der Waals surface area contributed by atoms with Crippen molar-refractivity contribution in [2.75, 3.05) is 60.4 Å². The molecular weight excluding hydrogens is 701 g/mol. The Morgan fingerprint density at radius 2 is 1.38 bits per heavy atom. The van der Waals surface area contributed by atoms with Crippen LogP contribution in [-0.4, -0.2) is 87.4 Å². The molecule has 0 saturated heterocycles. The molecule has 5 heterocycles. The number of nitrogens with one attached hydrogen (secondary N) is 1. The second-order valence-corrected chi connectivity index (χ2v) is 14.2. The third-order valence-electron chi connectivity index (χ3n) is 10.2. The van der Waals surface area contributed by atoms with Gasteiger partial charge >= 0.3 is 12.3 Å². The summed E-state index contributed by atoms with van der Waals surface area (Å²) >= 11 is 0. The normalized spacial score (nSPS) is 14.5. The summed E-state index contributed by atoms with van der Waals surface area (Å²) in [5.41, 5.74) is 11.5. The van der Waals surface area contributed by atoms with Crippen molar-refractivity contribution in [2.45, 2.75) is 34.2 Å². The number of nitrogens with zero attached hydrogens (tertiary/aromatic N) is 4. The van der Waals surface area contributed by atoms with E-state index in [9.17, 15) is 5.11 Å². The molecule has 6 rings (SSSR count). The van der Waals surface area contributed by atoms with Crippen LogP contribution in [0.3, 0.4) is 0 Å². The van der Waals surface area contributed by atoms with Gasteiger partial charge in [0.15, 0.2) is 30.5 Å². The minimum atomic E-state index is -2.02. The van der Waals surface area contributed by atoms with E-state index in [1.165, 1.54) is 0 Å². The van der Waals surface area contributed by atoms with Gasteiger partial charge in [0, 0.05) is 62.8 Å². The van der Waals surface area contributed by atoms with Crippen LogP contribution in [0.4, 0.5) is 0 Å². The molecule has 0 spiro atoms. The smallest absolute Gasteiger partial charge is 0.435 e. The minimum Gasteiger partial charge on any atom is -0.435 e. The highest BCUT2D eigenvalue weighted by atomic mass is 16.5. The molecule has 0 amide bonds. The van der Waals surface area contributed by atoms with Crippen LogP contribution in [0.5, 0.6) is 0 Å². The Bertz CT molecular complexity index is 2270. The van der Waals surface area contributed by atoms with E-state index in [0.717, 1.165) is 56.2 Å². The van der Waals surface area contributed by atoms with Gasteiger partial charge in [0.05, 0.1) is 37.6 Å². The average molecular weight is 754 g/mol. The van der Waals surface area contributed by atoms with E-state index in [4.69, 9.17) is 18.9 Å². The fourth-order valence-corrected chi connectivity index (χ4v) is 7.61. The zero-order valence-electron chi connectivity index (χ0n) is 33.6. The van der Waals surface area contributed by atoms with Gasteiger partial charge in [0.1, 0.15) is 26.0 Å². The highest BCUT2D eigenvalue weighted by Gasteiger charge is 2.50. The first-order valence-corrected chi connectivity index (χ1v) is 19.1. The van der Waals surface area contributed by atoms with Crippen LogP contribution < -0.4 is 14.1 Å². The van der Waals surface area contributed by atoms with Gasteiger partial charge < -0.3 is 27.9 Å². The second-order valence-electron chi connectivity index (χ2n) is 14.2. The van der Waals surface area contributed by atoms with Crippen molar-refractivity contribution in [3.63, 3.8) is 0 Å². The van der Waals surface area contributed by atoms with E-state index in [2.05, 4.69) is 106 Å². The SMILES string of the molecule is COCCOCC#C[B-]1(C#CCOCCOC)n2c(C)cc(C)c2C(c2ccc(C([O])=[NH+]CC[n+]3ccc(-c4cc[n+](C)cc4)cc3)cc2)=C2C(C)=CC(C)=[N+]21. The van der Waals surface area contributed by atoms with Crippen LogP contribution in [0.15, 0.2) is 96.7 Å². The van der Waals surface area contributed by atoms with Gasteiger partial charge in [-0.2, -0.15) is 16.2 Å². The first-order chi connectivity index (χ1) is 27.2. The number of rotatable bonds is 14. The van der Waals surface area contributed by atoms with Gasteiger partial charge in [-0.15, -0.1) is 11.8 Å². The van der Waals surface area contributed by atoms with Gasteiger partial charge in [-0.25, -0.2) is 14.7 Å². The number of allylic oxidation sites excluding steroid dienone is 2. The zero-order chi connectivity index (χ0) is 39.7. The Labute approximate surface area is 331 Å². The lowest BCUT2D eigenvalue weighted by atomic mass is 9.45. The molecule has 1 N–H and O–H groups in total. The fourth-order valence-electron chi connectivity index (χ4n) is 7.61. The lowest BCUT2D eigenvalue weighted by molar-refractivity contribution is -0.718. The predicted octanol–water partition coefficient (Wildman–Crippen LogP) is 2.75. The summed E-state index contributed by atoms with van der Waals surface area (Å²) < 4.78 is 30.6. The van der Waals surface area contributed by atoms with Crippen molar-refractivity contribution in [3.05, 3.63) is 125 Å². The molecule has 11 heteroatoms. The van der Waals surface area contributed by atoms with Crippen LogP contribution in [0.25, 0.3) is 16.7 Å². The van der Waals surface area contributed by atoms with E-state index in [-0.39, 0.29) is 19.1 Å². The van der Waals surface area contributed by atoms with Crippen LogP contribution in [-0.2, 0) is 37.6 Å². The molecule has 1 radical (unpaired) electrons. The molecule has 0 atom stereocenters. The van der Waals surface area contributed by atoms with Gasteiger partial charge in [-0.1, -0.05) is 12.1 Å². The molecule has 1 aromatic carbocycles. The second kappa shape index (κ2) is 18.4. The zero-order valence-corrected chi connectivity index (χ0v) is 33.6. The maximum absolute atomic E-state index is 13.4. The van der Waals surface area contributed by atoms with E-state index in [1.54, 1.807) is 14.2 Å². The molecule has 3 aromatic heterocycles. The first-order valence-electron chi connectivity index (χ1n) is 19.1. The van der Waals surface area contributed by atoms with E-state index < -0.39 is 6.42 Å². The first kappa shape index (κ1) is 40.1. The third kappa shape index (κ3) is 8.62. The topological polar surface area (TPSA) is 86.5 Å². The maximum atomic E-state index is 13.4. The quantitative estimate of drug-likeness (QED) is 0.0537. The third-order valence-corrected chi connectivity index (χ3v) is 10.2. The molecule has 2 aliphatic rings. The molecule has 0 bridgehead atoms. The van der Waals surface area contributed by atoms with Crippen LogP contribution in [0, 0.1) is 37.3 Å². The number of aryl methyl sites for hydroxylation is 3. The highest BCUT2D eigenvalue weighted by molar-refractivity contribution is 6.87. The van der Waals surface area contributed by atoms with Gasteiger partial charge in [0.2, 0.25) is 13.1 Å². The van der Waals surface area contributed by atoms with Crippen molar-refractivity contribution in [1.29, 1.82) is 0 Å². The van der Waals surface area contributed by atoms with Crippen LogP contribution in [0.1, 0.15) is 41.9 Å². The van der Waals surface area contributed by atoms with E-state index in [1.807, 2.05) is 60.7 Å². The number of benzene rings is 1. The molecule has 0 aliphatic carbocycles. The molecule has 0 unspecified atom stereocenters. The van der Waals surface area contributed by atoms with Crippen LogP contribution >= 0.6 is 0 Å². The number of pyridine rings is 2. The number of hydrogen-bond donors (Lipinski definition) is 1. The number of ether oxygens (including phenoxy) is 4. The monoisotopic (exact) mass is 753 g/mol. The van der Waals surface area contributed by atoms with Crippen LogP contribution in [0.2, 0.25) is 0 Å². The van der Waals surface area contributed by atoms with Crippen molar-refractivity contribution in [3.8, 4) is 34.6 Å². The van der Waals surface area contributed by atoms with Crippen molar-refractivity contribution in [2.24, 2.45) is 7.05 Å². The van der Waals surface area contributed by atoms with Gasteiger partial charge in [-0.3, -0.25) is 0 Å². The molecule has 287 valence electrons. The Hall–Kier alpha value is -5.56. The summed E-state index contributed by atoms with van der Waals surface area (Å²) in [6, 6.07) is 18.5. The van der Waals surface area contributed by atoms with Crippen molar-refractivity contribution in [1.82, 2.24) is 4.48 Å². The molecule has 0 saturated carbocycles. The molecule has 10 nitrogen and oxygen atoms in total. The van der Waals surface area contributed by atoms with Crippen molar-refractivity contribution < 1.29 is 42.7 Å². The lowest BCUT2D eigenvalue weighted by Gasteiger charge is -2.39. The molecule has 2 aliphatic heterocycles. The molecular formula is C45H52BN5O5+3. The maximum Gasteiger partial charge on any atom is 0.520 e. The van der Waals surface area contributed by atoms with E-state index >= 15 is 0 Å². The van der Waals surface area contributed by atoms with Crippen molar-refractivity contribution >= 4 is 23.6 Å². The fraction of sp³-hybridized carbons (Fsp3) is 0.333. The summed E-state index contributed by atoms with van der Waals surface area (Å²) in [6.45, 7) is 12.1. The standard InChI is InChI=1S/C45H51BN5O5/c1-34-32-36(3)50-43(34)42(44-35(2)33-37(4)51(44)46(50,18-8-26-55-30-28-53-6)19-9-27-56-31-29-54-7)40-10-12-41(13-11-40)45(52)47-20-25-49-23-16-39(17-24-49)38-14-21-48(5)22-15-38/h10-17,21-24,32-33H,20,25-31H2,1-7H3/q+2/p+1. The minimum absolute atomic E-state index is 0.112. The summed E-state index contributed by atoms with van der Waals surface area (Å²) in [5, 5.41) is 13.4. The number of methoxy groups -OCH3 is 2. The number of hydrogen-bond acceptors (Lipinski definition) is 4. The lowest BCUT2D eigenvalue weighted by Crippen LogP contribution is -2.75. The van der Waals surface area contributed by atoms with E-state index in [0.29, 0.717) is 45.1 Å². The summed E-state index contributed by atoms with van der Waals surface area (Å²) in [4.78, 5) is 3.10. The number of aromatic nitrogens is 3. The number of fused-ring (bicyclic) bond motifs is 2. The molecule has 0 fully saturated rings. The van der Waals surface area contributed by atoms with Gasteiger partial charge in [0.25, 0.3) is 0 Å². The Morgan fingerprint density at radius 1 is 0.786 bits per heavy atom. The Kier molecular flexibility index (Phi) is 13.2.